The van der Waals surface area contributed by atoms with E-state index in [0.29, 0.717) is 41.5 Å². The van der Waals surface area contributed by atoms with E-state index < -0.39 is 11.4 Å². The number of amides is 1. The Labute approximate surface area is 205 Å². The Morgan fingerprint density at radius 2 is 2.00 bits per heavy atom. The molecular formula is C25H33ClN4O4. The quantitative estimate of drug-likeness (QED) is 0.217. The molecule has 1 aliphatic rings. The van der Waals surface area contributed by atoms with Crippen LogP contribution in [-0.4, -0.2) is 60.4 Å². The summed E-state index contributed by atoms with van der Waals surface area (Å²) in [6.07, 6.45) is 3.81. The number of anilines is 1. The van der Waals surface area contributed by atoms with Gasteiger partial charge in [0, 0.05) is 29.9 Å². The van der Waals surface area contributed by atoms with Crippen LogP contribution >= 0.6 is 11.6 Å². The molecule has 184 valence electrons. The van der Waals surface area contributed by atoms with Gasteiger partial charge in [-0.05, 0) is 42.7 Å². The average molecular weight is 489 g/mol. The first kappa shape index (κ1) is 26.0. The molecule has 1 aliphatic heterocycles. The topological polar surface area (TPSA) is 134 Å². The lowest BCUT2D eigenvalue weighted by Crippen LogP contribution is -2.55. The highest BCUT2D eigenvalue weighted by Crippen LogP contribution is 2.32. The SMILES string of the molecule is CCCCCOc1ccc(C(=O)N=C(N)c2cccc3c2CCN3CC(N)(CO)CO)cc1Cl. The number of nitrogens with zero attached hydrogens (tertiary/aromatic N) is 2. The molecule has 0 saturated carbocycles. The number of aliphatic imine (C=N–C) groups is 1. The molecule has 0 atom stereocenters. The maximum Gasteiger partial charge on any atom is 0.279 e. The maximum absolute atomic E-state index is 12.8. The molecule has 0 spiro atoms. The zero-order valence-electron chi connectivity index (χ0n) is 19.5. The van der Waals surface area contributed by atoms with Crippen molar-refractivity contribution in [3.63, 3.8) is 0 Å². The Balaban J connectivity index is 1.76. The molecule has 1 amide bonds. The number of hydrogen-bond donors (Lipinski definition) is 4. The van der Waals surface area contributed by atoms with Gasteiger partial charge in [0.05, 0.1) is 30.4 Å². The van der Waals surface area contributed by atoms with E-state index in [2.05, 4.69) is 11.9 Å². The van der Waals surface area contributed by atoms with Crippen molar-refractivity contribution >= 4 is 29.0 Å². The Kier molecular flexibility index (Phi) is 8.90. The van der Waals surface area contributed by atoms with Crippen LogP contribution in [0.2, 0.25) is 5.02 Å². The number of aliphatic hydroxyl groups is 2. The summed E-state index contributed by atoms with van der Waals surface area (Å²) in [6.45, 7) is 2.97. The number of rotatable bonds is 11. The van der Waals surface area contributed by atoms with Crippen LogP contribution in [-0.2, 0) is 6.42 Å². The van der Waals surface area contributed by atoms with Crippen molar-refractivity contribution < 1.29 is 19.7 Å². The Morgan fingerprint density at radius 3 is 2.68 bits per heavy atom. The van der Waals surface area contributed by atoms with E-state index in [1.807, 2.05) is 23.1 Å². The van der Waals surface area contributed by atoms with Crippen molar-refractivity contribution in [2.75, 3.05) is 37.8 Å². The number of fused-ring (bicyclic) bond motifs is 1. The fourth-order valence-electron chi connectivity index (χ4n) is 3.95. The van der Waals surface area contributed by atoms with E-state index in [1.54, 1.807) is 12.1 Å². The summed E-state index contributed by atoms with van der Waals surface area (Å²) in [6, 6.07) is 10.4. The molecule has 0 bridgehead atoms. The van der Waals surface area contributed by atoms with Gasteiger partial charge in [-0.25, -0.2) is 0 Å². The standard InChI is InChI=1S/C25H33ClN4O4/c1-2-3-4-12-34-22-9-8-17(13-20(22)26)24(33)29-23(27)19-6-5-7-21-18(19)10-11-30(21)14-25(28,15-31)16-32/h5-9,13,31-32H,2-4,10-12,14-16,28H2,1H3,(H2,27,29,33). The molecule has 9 heteroatoms. The summed E-state index contributed by atoms with van der Waals surface area (Å²) < 4.78 is 5.69. The van der Waals surface area contributed by atoms with E-state index in [9.17, 15) is 15.0 Å². The average Bonchev–Trinajstić information content (AvgIpc) is 3.24. The first-order valence-corrected chi connectivity index (χ1v) is 11.9. The van der Waals surface area contributed by atoms with Crippen LogP contribution in [0.1, 0.15) is 47.7 Å². The number of carbonyl (C=O) groups is 1. The van der Waals surface area contributed by atoms with Crippen molar-refractivity contribution in [2.24, 2.45) is 16.5 Å². The van der Waals surface area contributed by atoms with Gasteiger partial charge in [0.25, 0.3) is 5.91 Å². The van der Waals surface area contributed by atoms with Gasteiger partial charge in [0.15, 0.2) is 0 Å². The van der Waals surface area contributed by atoms with Gasteiger partial charge in [-0.2, -0.15) is 4.99 Å². The van der Waals surface area contributed by atoms with Crippen molar-refractivity contribution in [2.45, 2.75) is 38.1 Å². The minimum Gasteiger partial charge on any atom is -0.492 e. The van der Waals surface area contributed by atoms with Crippen LogP contribution in [0.5, 0.6) is 5.75 Å². The second-order valence-electron chi connectivity index (χ2n) is 8.66. The number of carbonyl (C=O) groups excluding carboxylic acids is 1. The van der Waals surface area contributed by atoms with E-state index >= 15 is 0 Å². The highest BCUT2D eigenvalue weighted by atomic mass is 35.5. The maximum atomic E-state index is 12.8. The van der Waals surface area contributed by atoms with E-state index in [0.717, 1.165) is 30.5 Å². The Morgan fingerprint density at radius 1 is 1.24 bits per heavy atom. The van der Waals surface area contributed by atoms with Crippen LogP contribution in [0.15, 0.2) is 41.4 Å². The van der Waals surface area contributed by atoms with Gasteiger partial charge in [-0.15, -0.1) is 0 Å². The fraction of sp³-hybridized carbons (Fsp3) is 0.440. The molecular weight excluding hydrogens is 456 g/mol. The molecule has 34 heavy (non-hydrogen) atoms. The minimum absolute atomic E-state index is 0.114. The van der Waals surface area contributed by atoms with Gasteiger partial charge < -0.3 is 31.3 Å². The largest absolute Gasteiger partial charge is 0.492 e. The molecule has 0 saturated heterocycles. The molecule has 1 heterocycles. The minimum atomic E-state index is -1.11. The monoisotopic (exact) mass is 488 g/mol. The summed E-state index contributed by atoms with van der Waals surface area (Å²) in [5.41, 5.74) is 14.0. The highest BCUT2D eigenvalue weighted by molar-refractivity contribution is 6.32. The molecule has 2 aromatic rings. The molecule has 2 aromatic carbocycles. The van der Waals surface area contributed by atoms with Crippen molar-refractivity contribution in [1.29, 1.82) is 0 Å². The number of nitrogens with two attached hydrogens (primary N) is 2. The normalized spacial score (nSPS) is 13.8. The second-order valence-corrected chi connectivity index (χ2v) is 9.06. The molecule has 3 rings (SSSR count). The number of hydrogen-bond acceptors (Lipinski definition) is 6. The summed E-state index contributed by atoms with van der Waals surface area (Å²) in [5.74, 6) is 0.156. The lowest BCUT2D eigenvalue weighted by atomic mass is 10.0. The zero-order valence-corrected chi connectivity index (χ0v) is 20.2. The van der Waals surface area contributed by atoms with E-state index in [1.165, 1.54) is 6.07 Å². The van der Waals surface area contributed by atoms with Gasteiger partial charge in [-0.3, -0.25) is 4.79 Å². The second kappa shape index (κ2) is 11.7. The van der Waals surface area contributed by atoms with Gasteiger partial charge in [0.1, 0.15) is 11.6 Å². The third-order valence-corrected chi connectivity index (χ3v) is 6.24. The molecule has 0 aliphatic carbocycles. The number of aliphatic hydroxyl groups excluding tert-OH is 2. The van der Waals surface area contributed by atoms with Crippen molar-refractivity contribution in [3.8, 4) is 5.75 Å². The number of halogens is 1. The third-order valence-electron chi connectivity index (χ3n) is 5.94. The summed E-state index contributed by atoms with van der Waals surface area (Å²) >= 11 is 6.30. The fourth-order valence-corrected chi connectivity index (χ4v) is 4.19. The van der Waals surface area contributed by atoms with Gasteiger partial charge in [-0.1, -0.05) is 43.5 Å². The van der Waals surface area contributed by atoms with Gasteiger partial charge in [0.2, 0.25) is 0 Å². The van der Waals surface area contributed by atoms with E-state index in [4.69, 9.17) is 27.8 Å². The lowest BCUT2D eigenvalue weighted by Gasteiger charge is -2.31. The summed E-state index contributed by atoms with van der Waals surface area (Å²) in [5, 5.41) is 19.4. The highest BCUT2D eigenvalue weighted by Gasteiger charge is 2.31. The first-order chi connectivity index (χ1) is 16.3. The third kappa shape index (κ3) is 6.07. The van der Waals surface area contributed by atoms with Crippen LogP contribution in [0.4, 0.5) is 5.69 Å². The lowest BCUT2D eigenvalue weighted by molar-refractivity contribution is 0.100. The van der Waals surface area contributed by atoms with Crippen LogP contribution in [0.3, 0.4) is 0 Å². The molecule has 0 fully saturated rings. The smallest absolute Gasteiger partial charge is 0.279 e. The predicted molar refractivity (Wildman–Crippen MR) is 135 cm³/mol. The van der Waals surface area contributed by atoms with Crippen LogP contribution in [0, 0.1) is 0 Å². The van der Waals surface area contributed by atoms with Crippen molar-refractivity contribution in [1.82, 2.24) is 0 Å². The molecule has 0 radical (unpaired) electrons. The number of benzene rings is 2. The summed E-state index contributed by atoms with van der Waals surface area (Å²) in [4.78, 5) is 18.9. The number of amidine groups is 1. The predicted octanol–water partition coefficient (Wildman–Crippen LogP) is 2.50. The van der Waals surface area contributed by atoms with E-state index in [-0.39, 0.29) is 25.6 Å². The molecule has 6 N–H and O–H groups in total. The number of unbranched alkanes of at least 4 members (excludes halogenated alkanes) is 2. The Bertz CT molecular complexity index is 1040. The van der Waals surface area contributed by atoms with Crippen LogP contribution < -0.4 is 21.1 Å². The molecule has 8 nitrogen and oxygen atoms in total. The molecule has 0 aromatic heterocycles. The Hall–Kier alpha value is -2.65. The van der Waals surface area contributed by atoms with Crippen LogP contribution in [0.25, 0.3) is 0 Å². The molecule has 0 unspecified atom stereocenters. The van der Waals surface area contributed by atoms with Crippen molar-refractivity contribution in [3.05, 3.63) is 58.1 Å². The van der Waals surface area contributed by atoms with Gasteiger partial charge >= 0.3 is 0 Å². The summed E-state index contributed by atoms with van der Waals surface area (Å²) in [7, 11) is 0. The zero-order chi connectivity index (χ0) is 24.7. The number of ether oxygens (including phenoxy) is 1. The first-order valence-electron chi connectivity index (χ1n) is 11.5.